The van der Waals surface area contributed by atoms with E-state index in [2.05, 4.69) is 4.98 Å². The molecule has 2 heterocycles. The summed E-state index contributed by atoms with van der Waals surface area (Å²) < 4.78 is 81.4. The minimum atomic E-state index is -5.09. The van der Waals surface area contributed by atoms with E-state index in [0.29, 0.717) is 35.5 Å². The molecular formula is C29H27Cl2F6N3O3. The Bertz CT molecular complexity index is 1500. The summed E-state index contributed by atoms with van der Waals surface area (Å²) in [7, 11) is 1.33. The van der Waals surface area contributed by atoms with Crippen molar-refractivity contribution >= 4 is 40.6 Å². The van der Waals surface area contributed by atoms with Crippen LogP contribution in [-0.2, 0) is 22.6 Å². The number of aliphatic hydroxyl groups is 2. The zero-order chi connectivity index (χ0) is 32.1. The number of nitrogens with zero attached hydrogens (tertiary/aromatic N) is 3. The summed E-state index contributed by atoms with van der Waals surface area (Å²) in [6.07, 6.45) is -9.26. The van der Waals surface area contributed by atoms with Gasteiger partial charge in [0.2, 0.25) is 5.91 Å². The molecule has 0 unspecified atom stereocenters. The molecule has 2 atom stereocenters. The van der Waals surface area contributed by atoms with Gasteiger partial charge in [-0.25, -0.2) is 4.98 Å². The normalized spacial score (nSPS) is 17.8. The fraction of sp³-hybridized carbons (Fsp3) is 0.379. The summed E-state index contributed by atoms with van der Waals surface area (Å²) >= 11 is 12.4. The molecule has 0 aliphatic carbocycles. The molecule has 1 amide bonds. The van der Waals surface area contributed by atoms with E-state index in [-0.39, 0.29) is 35.0 Å². The number of hydrogen-bond acceptors (Lipinski definition) is 5. The van der Waals surface area contributed by atoms with Gasteiger partial charge in [0, 0.05) is 19.2 Å². The Morgan fingerprint density at radius 3 is 2.09 bits per heavy atom. The summed E-state index contributed by atoms with van der Waals surface area (Å²) in [4.78, 5) is 21.1. The van der Waals surface area contributed by atoms with E-state index in [9.17, 15) is 41.4 Å². The van der Waals surface area contributed by atoms with Crippen molar-refractivity contribution < 1.29 is 41.4 Å². The lowest BCUT2D eigenvalue weighted by Crippen LogP contribution is -2.42. The molecule has 0 saturated carbocycles. The lowest BCUT2D eigenvalue weighted by molar-refractivity contribution is -0.143. The van der Waals surface area contributed by atoms with Gasteiger partial charge in [-0.3, -0.25) is 4.79 Å². The van der Waals surface area contributed by atoms with Crippen molar-refractivity contribution in [1.29, 1.82) is 0 Å². The van der Waals surface area contributed by atoms with Gasteiger partial charge < -0.3 is 20.0 Å². The fourth-order valence-corrected chi connectivity index (χ4v) is 5.37. The zero-order valence-electron chi connectivity index (χ0n) is 23.1. The van der Waals surface area contributed by atoms with E-state index in [1.165, 1.54) is 39.2 Å². The molecule has 1 aliphatic heterocycles. The number of hydrogen-bond donors (Lipinski definition) is 2. The zero-order valence-corrected chi connectivity index (χ0v) is 24.6. The van der Waals surface area contributed by atoms with Gasteiger partial charge >= 0.3 is 12.4 Å². The molecule has 1 aliphatic rings. The number of amides is 1. The summed E-state index contributed by atoms with van der Waals surface area (Å²) in [5, 5.41) is 20.4. The van der Waals surface area contributed by atoms with Crippen molar-refractivity contribution in [2.75, 3.05) is 30.0 Å². The summed E-state index contributed by atoms with van der Waals surface area (Å²) in [5.74, 6) is -0.464. The number of pyridine rings is 1. The molecule has 2 N–H and O–H groups in total. The third-order valence-electron chi connectivity index (χ3n) is 7.51. The van der Waals surface area contributed by atoms with Crippen molar-refractivity contribution in [2.45, 2.75) is 50.2 Å². The number of β-amino-alcohol motifs (C(OH)–C–C–N with tert-alkyl or cyclic N) is 1. The molecule has 3 aromatic rings. The highest BCUT2D eigenvalue weighted by atomic mass is 35.5. The maximum absolute atomic E-state index is 13.9. The SMILES string of the molecule is CN(C(=O)C(C)(C)c1cc(C(F)(F)F)cc(C(F)(F)F)c1)c1cnc(N2C[C@H](O)C[C@H]2CO)cc1-c1ccc(Cl)c(Cl)c1. The summed E-state index contributed by atoms with van der Waals surface area (Å²) in [5.41, 5.74) is -4.38. The molecular weight excluding hydrogens is 623 g/mol. The highest BCUT2D eigenvalue weighted by Crippen LogP contribution is 2.42. The van der Waals surface area contributed by atoms with Gasteiger partial charge in [0.1, 0.15) is 5.82 Å². The summed E-state index contributed by atoms with van der Waals surface area (Å²) in [6, 6.07) is 6.91. The Labute approximate surface area is 253 Å². The van der Waals surface area contributed by atoms with Gasteiger partial charge in [-0.05, 0) is 67.8 Å². The van der Waals surface area contributed by atoms with Crippen LogP contribution in [0.2, 0.25) is 10.0 Å². The number of halogens is 8. The number of aliphatic hydroxyl groups excluding tert-OH is 2. The number of alkyl halides is 6. The van der Waals surface area contributed by atoms with Crippen LogP contribution in [0.25, 0.3) is 11.1 Å². The number of aromatic nitrogens is 1. The quantitative estimate of drug-likeness (QED) is 0.282. The molecule has 4 rings (SSSR count). The molecule has 0 radical (unpaired) electrons. The maximum Gasteiger partial charge on any atom is 0.416 e. The van der Waals surface area contributed by atoms with Gasteiger partial charge in [-0.1, -0.05) is 29.3 Å². The van der Waals surface area contributed by atoms with Crippen molar-refractivity contribution in [3.05, 3.63) is 75.4 Å². The lowest BCUT2D eigenvalue weighted by Gasteiger charge is -2.32. The average Bonchev–Trinajstić information content (AvgIpc) is 3.32. The first-order valence-corrected chi connectivity index (χ1v) is 13.7. The average molecular weight is 650 g/mol. The highest BCUT2D eigenvalue weighted by molar-refractivity contribution is 6.42. The van der Waals surface area contributed by atoms with Crippen LogP contribution in [0.5, 0.6) is 0 Å². The summed E-state index contributed by atoms with van der Waals surface area (Å²) in [6.45, 7) is 2.39. The molecule has 1 aromatic heterocycles. The van der Waals surface area contributed by atoms with E-state index in [1.807, 2.05) is 0 Å². The molecule has 6 nitrogen and oxygen atoms in total. The van der Waals surface area contributed by atoms with E-state index in [4.69, 9.17) is 23.2 Å². The Hall–Kier alpha value is -3.06. The van der Waals surface area contributed by atoms with Crippen LogP contribution in [0.4, 0.5) is 37.8 Å². The van der Waals surface area contributed by atoms with Crippen molar-refractivity contribution in [1.82, 2.24) is 4.98 Å². The number of anilines is 2. The van der Waals surface area contributed by atoms with Gasteiger partial charge in [-0.2, -0.15) is 26.3 Å². The van der Waals surface area contributed by atoms with Crippen LogP contribution in [-0.4, -0.2) is 53.4 Å². The second kappa shape index (κ2) is 11.8. The molecule has 0 bridgehead atoms. The fourth-order valence-electron chi connectivity index (χ4n) is 5.07. The third-order valence-corrected chi connectivity index (χ3v) is 8.25. The molecule has 14 heteroatoms. The van der Waals surface area contributed by atoms with Crippen LogP contribution >= 0.6 is 23.2 Å². The number of rotatable bonds is 6. The van der Waals surface area contributed by atoms with E-state index in [1.54, 1.807) is 17.0 Å². The number of likely N-dealkylation sites (N-methyl/N-ethyl adjacent to an activating group) is 1. The first-order chi connectivity index (χ1) is 19.8. The number of carbonyl (C=O) groups is 1. The van der Waals surface area contributed by atoms with Gasteiger partial charge in [-0.15, -0.1) is 0 Å². The predicted molar refractivity (Wildman–Crippen MR) is 151 cm³/mol. The highest BCUT2D eigenvalue weighted by Gasteiger charge is 2.41. The monoisotopic (exact) mass is 649 g/mol. The third kappa shape index (κ3) is 6.72. The van der Waals surface area contributed by atoms with Crippen molar-refractivity contribution in [3.63, 3.8) is 0 Å². The first-order valence-electron chi connectivity index (χ1n) is 12.9. The Morgan fingerprint density at radius 1 is 0.977 bits per heavy atom. The minimum Gasteiger partial charge on any atom is -0.394 e. The van der Waals surface area contributed by atoms with E-state index < -0.39 is 52.5 Å². The molecule has 1 fully saturated rings. The van der Waals surface area contributed by atoms with Crippen molar-refractivity contribution in [2.24, 2.45) is 0 Å². The largest absolute Gasteiger partial charge is 0.416 e. The number of benzene rings is 2. The predicted octanol–water partition coefficient (Wildman–Crippen LogP) is 6.97. The van der Waals surface area contributed by atoms with Crippen LogP contribution in [0.15, 0.2) is 48.7 Å². The topological polar surface area (TPSA) is 76.9 Å². The van der Waals surface area contributed by atoms with Crippen LogP contribution < -0.4 is 9.80 Å². The van der Waals surface area contributed by atoms with Crippen LogP contribution in [0.3, 0.4) is 0 Å². The first kappa shape index (κ1) is 32.8. The van der Waals surface area contributed by atoms with Gasteiger partial charge in [0.05, 0.1) is 57.2 Å². The van der Waals surface area contributed by atoms with Crippen LogP contribution in [0, 0.1) is 0 Å². The molecule has 1 saturated heterocycles. The molecule has 232 valence electrons. The Kier molecular flexibility index (Phi) is 9.01. The standard InChI is InChI=1S/C29H27Cl2F6N3O3/c1-27(2,16-7-17(28(32,33)34)9-18(8-16)29(35,36)37)26(43)39(3)24-12-38-25(40-13-20(42)10-19(40)14-41)11-21(24)15-4-5-22(30)23(31)6-15/h4-9,11-12,19-20,41-42H,10,13-14H2,1-3H3/t19-,20+/m0/s1. The van der Waals surface area contributed by atoms with Crippen molar-refractivity contribution in [3.8, 4) is 11.1 Å². The Balaban J connectivity index is 1.83. The van der Waals surface area contributed by atoms with Crippen LogP contribution in [0.1, 0.15) is 37.0 Å². The molecule has 2 aromatic carbocycles. The van der Waals surface area contributed by atoms with E-state index in [0.717, 1.165) is 4.90 Å². The van der Waals surface area contributed by atoms with Gasteiger partial charge in [0.15, 0.2) is 0 Å². The molecule has 43 heavy (non-hydrogen) atoms. The number of carbonyl (C=O) groups excluding carboxylic acids is 1. The Morgan fingerprint density at radius 2 is 1.56 bits per heavy atom. The lowest BCUT2D eigenvalue weighted by atomic mass is 9.81. The van der Waals surface area contributed by atoms with Gasteiger partial charge in [0.25, 0.3) is 0 Å². The minimum absolute atomic E-state index is 0.00767. The maximum atomic E-state index is 13.9. The van der Waals surface area contributed by atoms with E-state index >= 15 is 0 Å². The second-order valence-electron chi connectivity index (χ2n) is 10.9. The smallest absolute Gasteiger partial charge is 0.394 e. The molecule has 0 spiro atoms. The second-order valence-corrected chi connectivity index (χ2v) is 11.7.